The van der Waals surface area contributed by atoms with Crippen molar-refractivity contribution in [3.8, 4) is 5.75 Å². The third kappa shape index (κ3) is 6.09. The second-order valence-corrected chi connectivity index (χ2v) is 6.91. The van der Waals surface area contributed by atoms with Gasteiger partial charge in [-0.05, 0) is 55.5 Å². The second-order valence-electron chi connectivity index (χ2n) is 6.91. The van der Waals surface area contributed by atoms with Gasteiger partial charge in [0, 0.05) is 16.9 Å². The fourth-order valence-electron chi connectivity index (χ4n) is 2.85. The number of para-hydroxylation sites is 3. The monoisotopic (exact) mass is 432 g/mol. The Morgan fingerprint density at radius 1 is 0.750 bits per heavy atom. The largest absolute Gasteiger partial charge is 0.495 e. The van der Waals surface area contributed by atoms with Crippen LogP contribution in [0.5, 0.6) is 5.75 Å². The summed E-state index contributed by atoms with van der Waals surface area (Å²) >= 11 is 0. The molecule has 0 spiro atoms. The van der Waals surface area contributed by atoms with Crippen molar-refractivity contribution in [2.75, 3.05) is 23.1 Å². The number of hydrogen-bond donors (Lipinski definition) is 4. The van der Waals surface area contributed by atoms with Gasteiger partial charge < -0.3 is 26.0 Å². The van der Waals surface area contributed by atoms with E-state index in [0.29, 0.717) is 28.4 Å². The van der Waals surface area contributed by atoms with Crippen molar-refractivity contribution >= 4 is 34.9 Å². The summed E-state index contributed by atoms with van der Waals surface area (Å²) in [5.41, 5.74) is 2.11. The molecule has 0 heterocycles. The number of nitrogens with one attached hydrogen (secondary N) is 4. The minimum Gasteiger partial charge on any atom is -0.495 e. The Morgan fingerprint density at radius 2 is 1.38 bits per heavy atom. The predicted octanol–water partition coefficient (Wildman–Crippen LogP) is 4.10. The van der Waals surface area contributed by atoms with Crippen molar-refractivity contribution in [3.63, 3.8) is 0 Å². The zero-order chi connectivity index (χ0) is 22.9. The summed E-state index contributed by atoms with van der Waals surface area (Å²) in [6.45, 7) is 1.58. The molecule has 3 rings (SSSR count). The maximum atomic E-state index is 12.5. The van der Waals surface area contributed by atoms with Gasteiger partial charge in [0.05, 0.1) is 12.8 Å². The van der Waals surface area contributed by atoms with Crippen LogP contribution in [-0.2, 0) is 4.79 Å². The highest BCUT2D eigenvalue weighted by atomic mass is 16.5. The zero-order valence-electron chi connectivity index (χ0n) is 17.7. The van der Waals surface area contributed by atoms with Crippen molar-refractivity contribution in [2.24, 2.45) is 0 Å². The van der Waals surface area contributed by atoms with E-state index in [9.17, 15) is 14.4 Å². The second kappa shape index (κ2) is 10.6. The summed E-state index contributed by atoms with van der Waals surface area (Å²) in [5.74, 6) is -0.137. The highest BCUT2D eigenvalue weighted by Gasteiger charge is 2.16. The van der Waals surface area contributed by atoms with Crippen LogP contribution >= 0.6 is 0 Å². The first-order valence-electron chi connectivity index (χ1n) is 9.94. The molecule has 0 saturated carbocycles. The summed E-state index contributed by atoms with van der Waals surface area (Å²) in [6.07, 6.45) is 0. The van der Waals surface area contributed by atoms with E-state index >= 15 is 0 Å². The molecule has 4 N–H and O–H groups in total. The van der Waals surface area contributed by atoms with E-state index in [2.05, 4.69) is 21.3 Å². The molecule has 0 bridgehead atoms. The molecule has 0 saturated heterocycles. The molecule has 3 aromatic rings. The molecule has 0 aromatic heterocycles. The maximum Gasteiger partial charge on any atom is 0.319 e. The first-order chi connectivity index (χ1) is 15.5. The zero-order valence-corrected chi connectivity index (χ0v) is 17.7. The smallest absolute Gasteiger partial charge is 0.319 e. The Labute approximate surface area is 186 Å². The number of carbonyl (C=O) groups is 3. The third-order valence-electron chi connectivity index (χ3n) is 4.54. The third-order valence-corrected chi connectivity index (χ3v) is 4.54. The standard InChI is InChI=1S/C24H24N4O4/c1-16(25-24(31)27-18-8-4-3-5-9-18)22(29)26-19-14-12-17(13-15-19)23(30)28-20-10-6-7-11-21(20)32-2/h3-16H,1-2H3,(H,26,29)(H,28,30)(H2,25,27,31). The van der Waals surface area contributed by atoms with E-state index in [1.165, 1.54) is 7.11 Å². The summed E-state index contributed by atoms with van der Waals surface area (Å²) in [7, 11) is 1.53. The number of amides is 4. The predicted molar refractivity (Wildman–Crippen MR) is 124 cm³/mol. The van der Waals surface area contributed by atoms with Gasteiger partial charge in [0.2, 0.25) is 5.91 Å². The summed E-state index contributed by atoms with van der Waals surface area (Å²) in [6, 6.07) is 21.2. The van der Waals surface area contributed by atoms with Gasteiger partial charge >= 0.3 is 6.03 Å². The maximum absolute atomic E-state index is 12.5. The lowest BCUT2D eigenvalue weighted by Crippen LogP contribution is -2.43. The van der Waals surface area contributed by atoms with Gasteiger partial charge in [-0.3, -0.25) is 9.59 Å². The fourth-order valence-corrected chi connectivity index (χ4v) is 2.85. The Morgan fingerprint density at radius 3 is 2.06 bits per heavy atom. The number of carbonyl (C=O) groups excluding carboxylic acids is 3. The molecule has 32 heavy (non-hydrogen) atoms. The van der Waals surface area contributed by atoms with E-state index in [1.54, 1.807) is 73.7 Å². The van der Waals surface area contributed by atoms with E-state index in [1.807, 2.05) is 12.1 Å². The molecular weight excluding hydrogens is 408 g/mol. The van der Waals surface area contributed by atoms with Gasteiger partial charge in [0.1, 0.15) is 11.8 Å². The highest BCUT2D eigenvalue weighted by Crippen LogP contribution is 2.23. The van der Waals surface area contributed by atoms with Gasteiger partial charge in [-0.25, -0.2) is 4.79 Å². The van der Waals surface area contributed by atoms with Crippen LogP contribution in [0, 0.1) is 0 Å². The molecule has 0 aliphatic rings. The van der Waals surface area contributed by atoms with Crippen molar-refractivity contribution in [1.29, 1.82) is 0 Å². The summed E-state index contributed by atoms with van der Waals surface area (Å²) in [5, 5.41) is 10.7. The van der Waals surface area contributed by atoms with Crippen molar-refractivity contribution in [1.82, 2.24) is 5.32 Å². The lowest BCUT2D eigenvalue weighted by Gasteiger charge is -2.15. The van der Waals surface area contributed by atoms with Crippen molar-refractivity contribution in [3.05, 3.63) is 84.4 Å². The molecule has 8 heteroatoms. The van der Waals surface area contributed by atoms with Gasteiger partial charge in [-0.1, -0.05) is 30.3 Å². The fraction of sp³-hybridized carbons (Fsp3) is 0.125. The number of ether oxygens (including phenoxy) is 1. The van der Waals surface area contributed by atoms with E-state index < -0.39 is 12.1 Å². The molecule has 1 unspecified atom stereocenters. The number of hydrogen-bond acceptors (Lipinski definition) is 4. The number of anilines is 3. The Kier molecular flexibility index (Phi) is 7.42. The van der Waals surface area contributed by atoms with Crippen LogP contribution in [0.4, 0.5) is 21.9 Å². The molecule has 0 aliphatic carbocycles. The molecule has 0 fully saturated rings. The molecule has 8 nitrogen and oxygen atoms in total. The first-order valence-corrected chi connectivity index (χ1v) is 9.94. The summed E-state index contributed by atoms with van der Waals surface area (Å²) < 4.78 is 5.23. The minimum atomic E-state index is -0.771. The highest BCUT2D eigenvalue weighted by molar-refractivity contribution is 6.05. The van der Waals surface area contributed by atoms with E-state index in [0.717, 1.165) is 0 Å². The normalized spacial score (nSPS) is 11.1. The van der Waals surface area contributed by atoms with Gasteiger partial charge in [-0.15, -0.1) is 0 Å². The van der Waals surface area contributed by atoms with Crippen molar-refractivity contribution in [2.45, 2.75) is 13.0 Å². The number of rotatable bonds is 7. The molecule has 0 aliphatic heterocycles. The quantitative estimate of drug-likeness (QED) is 0.451. The van der Waals surface area contributed by atoms with Gasteiger partial charge in [-0.2, -0.15) is 0 Å². The molecule has 3 aromatic carbocycles. The van der Waals surface area contributed by atoms with Crippen molar-refractivity contribution < 1.29 is 19.1 Å². The molecule has 4 amide bonds. The average molecular weight is 432 g/mol. The van der Waals surface area contributed by atoms with E-state index in [4.69, 9.17) is 4.74 Å². The number of benzene rings is 3. The van der Waals surface area contributed by atoms with Crippen LogP contribution in [-0.4, -0.2) is 31.0 Å². The van der Waals surface area contributed by atoms with Crippen LogP contribution in [0.2, 0.25) is 0 Å². The number of methoxy groups -OCH3 is 1. The Balaban J connectivity index is 1.53. The van der Waals surface area contributed by atoms with E-state index in [-0.39, 0.29) is 11.8 Å². The van der Waals surface area contributed by atoms with Crippen LogP contribution in [0.1, 0.15) is 17.3 Å². The SMILES string of the molecule is COc1ccccc1NC(=O)c1ccc(NC(=O)C(C)NC(=O)Nc2ccccc2)cc1. The van der Waals surface area contributed by atoms with Crippen LogP contribution in [0.3, 0.4) is 0 Å². The molecular formula is C24H24N4O4. The average Bonchev–Trinajstić information content (AvgIpc) is 2.80. The molecule has 164 valence electrons. The Bertz CT molecular complexity index is 1080. The summed E-state index contributed by atoms with van der Waals surface area (Å²) in [4.78, 5) is 36.9. The van der Waals surface area contributed by atoms with Crippen LogP contribution in [0.25, 0.3) is 0 Å². The van der Waals surface area contributed by atoms with Gasteiger partial charge in [0.25, 0.3) is 5.91 Å². The van der Waals surface area contributed by atoms with Gasteiger partial charge in [0.15, 0.2) is 0 Å². The topological polar surface area (TPSA) is 109 Å². The molecule has 1 atom stereocenters. The Hall–Kier alpha value is -4.33. The lowest BCUT2D eigenvalue weighted by molar-refractivity contribution is -0.117. The first kappa shape index (κ1) is 22.4. The number of urea groups is 1. The lowest BCUT2D eigenvalue weighted by atomic mass is 10.1. The minimum absolute atomic E-state index is 0.306. The van der Waals surface area contributed by atoms with Crippen LogP contribution < -0.4 is 26.0 Å². The molecule has 0 radical (unpaired) electrons. The van der Waals surface area contributed by atoms with Crippen LogP contribution in [0.15, 0.2) is 78.9 Å².